The number of pyridine rings is 1. The standard InChI is InChI=1S/C27H33Cl2FN4O6/c1-14(2)15-10-9-11-18(34(25(38)40-27(6,7)8)13-19(35)39-26(3,4)5)20(15)31-24(37)33-23(36)16-12-17(30)22(29)32-21(16)28/h9-12,14H,13H2,1-8H3,(H2,31,33,36,37). The van der Waals surface area contributed by atoms with Gasteiger partial charge in [-0.2, -0.15) is 0 Å². The van der Waals surface area contributed by atoms with Crippen LogP contribution in [0.15, 0.2) is 24.3 Å². The molecule has 0 aliphatic carbocycles. The van der Waals surface area contributed by atoms with E-state index >= 15 is 0 Å². The topological polar surface area (TPSA) is 127 Å². The molecule has 0 saturated carbocycles. The molecule has 0 spiro atoms. The highest BCUT2D eigenvalue weighted by molar-refractivity contribution is 6.35. The molecule has 10 nitrogen and oxygen atoms in total. The third-order valence-corrected chi connectivity index (χ3v) is 5.46. The summed E-state index contributed by atoms with van der Waals surface area (Å²) in [5.41, 5.74) is -1.33. The molecule has 1 heterocycles. The van der Waals surface area contributed by atoms with Crippen molar-refractivity contribution < 1.29 is 33.0 Å². The van der Waals surface area contributed by atoms with Crippen LogP contribution in [0.25, 0.3) is 0 Å². The molecule has 2 aromatic rings. The van der Waals surface area contributed by atoms with Crippen molar-refractivity contribution >= 4 is 58.6 Å². The summed E-state index contributed by atoms with van der Waals surface area (Å²) >= 11 is 11.5. The van der Waals surface area contributed by atoms with Gasteiger partial charge in [-0.1, -0.05) is 49.2 Å². The van der Waals surface area contributed by atoms with Crippen molar-refractivity contribution in [1.29, 1.82) is 0 Å². The molecular formula is C27H33Cl2FN4O6. The van der Waals surface area contributed by atoms with Crippen LogP contribution in [0.2, 0.25) is 10.3 Å². The van der Waals surface area contributed by atoms with Gasteiger partial charge in [0, 0.05) is 0 Å². The summed E-state index contributed by atoms with van der Waals surface area (Å²) in [6.45, 7) is 13.2. The van der Waals surface area contributed by atoms with E-state index in [2.05, 4.69) is 15.6 Å². The third-order valence-electron chi connectivity index (χ3n) is 4.91. The van der Waals surface area contributed by atoms with Gasteiger partial charge in [0.25, 0.3) is 5.91 Å². The molecule has 0 bridgehead atoms. The second-order valence-corrected chi connectivity index (χ2v) is 11.8. The number of imide groups is 1. The fourth-order valence-electron chi connectivity index (χ4n) is 3.39. The maximum Gasteiger partial charge on any atom is 0.415 e. The van der Waals surface area contributed by atoms with Crippen LogP contribution in [0, 0.1) is 5.82 Å². The summed E-state index contributed by atoms with van der Waals surface area (Å²) in [4.78, 5) is 56.2. The van der Waals surface area contributed by atoms with Gasteiger partial charge in [0.2, 0.25) is 0 Å². The van der Waals surface area contributed by atoms with E-state index < -0.39 is 63.4 Å². The molecule has 218 valence electrons. The molecule has 0 unspecified atom stereocenters. The molecule has 40 heavy (non-hydrogen) atoms. The van der Waals surface area contributed by atoms with Gasteiger partial charge in [0.15, 0.2) is 11.0 Å². The Labute approximate surface area is 242 Å². The minimum atomic E-state index is -1.05. The van der Waals surface area contributed by atoms with E-state index in [9.17, 15) is 23.6 Å². The first-order valence-corrected chi connectivity index (χ1v) is 13.0. The van der Waals surface area contributed by atoms with Crippen LogP contribution in [-0.2, 0) is 14.3 Å². The van der Waals surface area contributed by atoms with Gasteiger partial charge in [-0.15, -0.1) is 0 Å². The summed E-state index contributed by atoms with van der Waals surface area (Å²) in [5.74, 6) is -2.94. The predicted molar refractivity (Wildman–Crippen MR) is 151 cm³/mol. The SMILES string of the molecule is CC(C)c1cccc(N(CC(=O)OC(C)(C)C)C(=O)OC(C)(C)C)c1NC(=O)NC(=O)c1cc(F)c(Cl)nc1Cl. The zero-order valence-corrected chi connectivity index (χ0v) is 25.1. The molecule has 1 aromatic heterocycles. The zero-order chi connectivity index (χ0) is 30.6. The number of hydrogen-bond donors (Lipinski definition) is 2. The number of rotatable bonds is 6. The second-order valence-electron chi connectivity index (χ2n) is 11.1. The molecule has 2 rings (SSSR count). The third kappa shape index (κ3) is 9.34. The Morgan fingerprint density at radius 2 is 1.60 bits per heavy atom. The van der Waals surface area contributed by atoms with Crippen molar-refractivity contribution in [3.05, 3.63) is 51.5 Å². The molecular weight excluding hydrogens is 566 g/mol. The van der Waals surface area contributed by atoms with E-state index in [-0.39, 0.29) is 17.3 Å². The summed E-state index contributed by atoms with van der Waals surface area (Å²) < 4.78 is 24.8. The molecule has 1 aromatic carbocycles. The number of amides is 4. The van der Waals surface area contributed by atoms with Crippen LogP contribution in [-0.4, -0.2) is 46.7 Å². The van der Waals surface area contributed by atoms with Gasteiger partial charge in [-0.3, -0.25) is 19.8 Å². The van der Waals surface area contributed by atoms with E-state index in [0.29, 0.717) is 5.56 Å². The lowest BCUT2D eigenvalue weighted by Crippen LogP contribution is -2.42. The number of anilines is 2. The number of carbonyl (C=O) groups excluding carboxylic acids is 4. The number of esters is 1. The van der Waals surface area contributed by atoms with Gasteiger partial charge >= 0.3 is 18.1 Å². The van der Waals surface area contributed by atoms with Crippen molar-refractivity contribution in [2.45, 2.75) is 72.5 Å². The Hall–Kier alpha value is -3.44. The van der Waals surface area contributed by atoms with Gasteiger partial charge in [-0.05, 0) is 65.2 Å². The van der Waals surface area contributed by atoms with E-state index in [1.165, 1.54) is 6.07 Å². The van der Waals surface area contributed by atoms with Crippen molar-refractivity contribution in [2.24, 2.45) is 0 Å². The monoisotopic (exact) mass is 598 g/mol. The average Bonchev–Trinajstić information content (AvgIpc) is 2.77. The maximum absolute atomic E-state index is 13.9. The Morgan fingerprint density at radius 1 is 1.00 bits per heavy atom. The lowest BCUT2D eigenvalue weighted by atomic mass is 9.99. The van der Waals surface area contributed by atoms with Crippen LogP contribution in [0.3, 0.4) is 0 Å². The molecule has 0 fully saturated rings. The number of benzene rings is 1. The van der Waals surface area contributed by atoms with Crippen molar-refractivity contribution in [2.75, 3.05) is 16.8 Å². The molecule has 2 N–H and O–H groups in total. The van der Waals surface area contributed by atoms with E-state index in [1.54, 1.807) is 53.7 Å². The van der Waals surface area contributed by atoms with Crippen LogP contribution < -0.4 is 15.5 Å². The van der Waals surface area contributed by atoms with E-state index in [0.717, 1.165) is 11.0 Å². The summed E-state index contributed by atoms with van der Waals surface area (Å²) in [6, 6.07) is 4.59. The highest BCUT2D eigenvalue weighted by Crippen LogP contribution is 2.35. The Balaban J connectivity index is 2.51. The van der Waals surface area contributed by atoms with E-state index in [4.69, 9.17) is 32.7 Å². The summed E-state index contributed by atoms with van der Waals surface area (Å²) in [6.07, 6.45) is -0.867. The van der Waals surface area contributed by atoms with Crippen LogP contribution >= 0.6 is 23.2 Å². The number of nitrogens with one attached hydrogen (secondary N) is 2. The predicted octanol–water partition coefficient (Wildman–Crippen LogP) is 6.70. The minimum absolute atomic E-state index is 0.117. The molecule has 0 aliphatic heterocycles. The number of aromatic nitrogens is 1. The fourth-order valence-corrected chi connectivity index (χ4v) is 3.80. The number of para-hydroxylation sites is 1. The molecule has 0 atom stereocenters. The highest BCUT2D eigenvalue weighted by Gasteiger charge is 2.31. The van der Waals surface area contributed by atoms with Crippen molar-refractivity contribution in [1.82, 2.24) is 10.3 Å². The normalized spacial score (nSPS) is 11.6. The Kier molecular flexibility index (Phi) is 10.5. The zero-order valence-electron chi connectivity index (χ0n) is 23.6. The van der Waals surface area contributed by atoms with Gasteiger partial charge in [-0.25, -0.2) is 19.0 Å². The first-order valence-electron chi connectivity index (χ1n) is 12.3. The van der Waals surface area contributed by atoms with Crippen LogP contribution in [0.1, 0.15) is 77.2 Å². The van der Waals surface area contributed by atoms with Crippen molar-refractivity contribution in [3.8, 4) is 0 Å². The maximum atomic E-state index is 13.9. The largest absolute Gasteiger partial charge is 0.459 e. The van der Waals surface area contributed by atoms with Gasteiger partial charge in [0.1, 0.15) is 22.9 Å². The Morgan fingerprint density at radius 3 is 2.15 bits per heavy atom. The lowest BCUT2D eigenvalue weighted by molar-refractivity contribution is -0.153. The first kappa shape index (κ1) is 32.8. The average molecular weight is 599 g/mol. The number of carbonyl (C=O) groups is 4. The molecule has 0 saturated heterocycles. The number of hydrogen-bond acceptors (Lipinski definition) is 7. The quantitative estimate of drug-likeness (QED) is 0.280. The number of urea groups is 1. The molecule has 4 amide bonds. The minimum Gasteiger partial charge on any atom is -0.459 e. The van der Waals surface area contributed by atoms with Gasteiger partial charge < -0.3 is 14.8 Å². The van der Waals surface area contributed by atoms with Crippen molar-refractivity contribution in [3.63, 3.8) is 0 Å². The van der Waals surface area contributed by atoms with E-state index in [1.807, 2.05) is 13.8 Å². The molecule has 0 aliphatic rings. The Bertz CT molecular complexity index is 1310. The highest BCUT2D eigenvalue weighted by atomic mass is 35.5. The second kappa shape index (κ2) is 12.8. The number of ether oxygens (including phenoxy) is 2. The van der Waals surface area contributed by atoms with Gasteiger partial charge in [0.05, 0.1) is 16.9 Å². The smallest absolute Gasteiger partial charge is 0.415 e. The van der Waals surface area contributed by atoms with Crippen LogP contribution in [0.5, 0.6) is 0 Å². The molecule has 0 radical (unpaired) electrons. The lowest BCUT2D eigenvalue weighted by Gasteiger charge is -2.30. The number of nitrogens with zero attached hydrogens (tertiary/aromatic N) is 2. The summed E-state index contributed by atoms with van der Waals surface area (Å²) in [7, 11) is 0. The van der Waals surface area contributed by atoms with Crippen LogP contribution in [0.4, 0.5) is 25.4 Å². The molecule has 13 heteroatoms. The first-order chi connectivity index (χ1) is 18.3. The fraction of sp³-hybridized carbons (Fsp3) is 0.444. The number of halogens is 3. The summed E-state index contributed by atoms with van der Waals surface area (Å²) in [5, 5.41) is 3.68.